The molecule has 0 atom stereocenters. The van der Waals surface area contributed by atoms with Crippen molar-refractivity contribution in [3.05, 3.63) is 216 Å². The van der Waals surface area contributed by atoms with Crippen LogP contribution in [-0.2, 0) is 10.8 Å². The summed E-state index contributed by atoms with van der Waals surface area (Å²) >= 11 is 0. The molecule has 10 aromatic rings. The van der Waals surface area contributed by atoms with Crippen molar-refractivity contribution in [2.45, 2.75) is 80.1 Å². The van der Waals surface area contributed by atoms with Crippen LogP contribution in [-0.4, -0.2) is 14.5 Å². The van der Waals surface area contributed by atoms with E-state index in [-0.39, 0.29) is 10.8 Å². The second-order valence-corrected chi connectivity index (χ2v) is 20.7. The molecule has 0 aliphatic heterocycles. The highest BCUT2D eigenvalue weighted by atomic mass is 15.1. The molecule has 0 N–H and O–H groups in total. The molecule has 336 valence electrons. The van der Waals surface area contributed by atoms with E-state index < -0.39 is 0 Å². The minimum absolute atomic E-state index is 0.161. The molecule has 0 unspecified atom stereocenters. The van der Waals surface area contributed by atoms with Crippen molar-refractivity contribution in [1.29, 1.82) is 0 Å². The Morgan fingerprint density at radius 3 is 1.21 bits per heavy atom. The minimum Gasteiger partial charge on any atom is -0.310 e. The highest BCUT2D eigenvalue weighted by Gasteiger charge is 2.26. The lowest BCUT2D eigenvalue weighted by molar-refractivity contribution is 0.590. The van der Waals surface area contributed by atoms with Gasteiger partial charge in [-0.1, -0.05) is 139 Å². The second-order valence-electron chi connectivity index (χ2n) is 20.7. The first-order chi connectivity index (χ1) is 32.6. The number of pyridine rings is 2. The first-order valence-electron chi connectivity index (χ1n) is 23.9. The fourth-order valence-electron chi connectivity index (χ4n) is 9.89. The summed E-state index contributed by atoms with van der Waals surface area (Å²) in [6, 6.07) is 62.3. The van der Waals surface area contributed by atoms with Crippen molar-refractivity contribution in [2.24, 2.45) is 0 Å². The van der Waals surface area contributed by atoms with Crippen molar-refractivity contribution in [3.63, 3.8) is 0 Å². The van der Waals surface area contributed by atoms with Crippen LogP contribution in [0.15, 0.2) is 182 Å². The molecule has 4 heteroatoms. The Bertz CT molecular complexity index is 3280. The quantitative estimate of drug-likeness (QED) is 0.152. The van der Waals surface area contributed by atoms with Gasteiger partial charge in [0, 0.05) is 51.4 Å². The molecule has 0 radical (unpaired) electrons. The first-order valence-corrected chi connectivity index (χ1v) is 23.9. The summed E-state index contributed by atoms with van der Waals surface area (Å²) in [5, 5.41) is 2.50. The largest absolute Gasteiger partial charge is 0.310 e. The van der Waals surface area contributed by atoms with Crippen LogP contribution in [0.25, 0.3) is 72.3 Å². The van der Waals surface area contributed by atoms with Crippen molar-refractivity contribution >= 4 is 38.9 Å². The van der Waals surface area contributed by atoms with Gasteiger partial charge in [0.1, 0.15) is 0 Å². The minimum atomic E-state index is -0.161. The Labute approximate surface area is 402 Å². The van der Waals surface area contributed by atoms with Gasteiger partial charge in [-0.25, -0.2) is 0 Å². The highest BCUT2D eigenvalue weighted by molar-refractivity contribution is 6.09. The first kappa shape index (κ1) is 44.3. The number of aryl methyl sites for hydroxylation is 4. The van der Waals surface area contributed by atoms with Gasteiger partial charge in [0.2, 0.25) is 0 Å². The summed E-state index contributed by atoms with van der Waals surface area (Å²) in [7, 11) is 0. The summed E-state index contributed by atoms with van der Waals surface area (Å²) in [5.41, 5.74) is 22.4. The summed E-state index contributed by atoms with van der Waals surface area (Å²) in [6.45, 7) is 22.7. The van der Waals surface area contributed by atoms with Crippen molar-refractivity contribution in [3.8, 4) is 50.5 Å². The molecule has 0 saturated carbocycles. The predicted octanol–water partition coefficient (Wildman–Crippen LogP) is 17.5. The average Bonchev–Trinajstić information content (AvgIpc) is 3.67. The normalized spacial score (nSPS) is 12.0. The van der Waals surface area contributed by atoms with E-state index in [1.54, 1.807) is 0 Å². The number of hydrogen-bond donors (Lipinski definition) is 0. The van der Waals surface area contributed by atoms with Crippen LogP contribution in [0.5, 0.6) is 0 Å². The lowest BCUT2D eigenvalue weighted by Crippen LogP contribution is -2.18. The number of aromatic nitrogens is 3. The molecule has 0 amide bonds. The third-order valence-electron chi connectivity index (χ3n) is 13.6. The van der Waals surface area contributed by atoms with E-state index >= 15 is 0 Å². The van der Waals surface area contributed by atoms with E-state index in [2.05, 4.69) is 249 Å². The third kappa shape index (κ3) is 8.30. The van der Waals surface area contributed by atoms with E-state index in [4.69, 9.17) is 9.97 Å². The maximum Gasteiger partial charge on any atom is 0.0709 e. The number of para-hydroxylation sites is 2. The van der Waals surface area contributed by atoms with Crippen LogP contribution in [0.3, 0.4) is 0 Å². The van der Waals surface area contributed by atoms with Gasteiger partial charge in [-0.05, 0) is 167 Å². The summed E-state index contributed by atoms with van der Waals surface area (Å²) < 4.78 is 2.43. The van der Waals surface area contributed by atoms with Gasteiger partial charge in [-0.15, -0.1) is 0 Å². The zero-order chi connectivity index (χ0) is 47.5. The van der Waals surface area contributed by atoms with Gasteiger partial charge >= 0.3 is 0 Å². The van der Waals surface area contributed by atoms with E-state index in [1.807, 2.05) is 12.4 Å². The summed E-state index contributed by atoms with van der Waals surface area (Å²) in [4.78, 5) is 12.8. The Balaban J connectivity index is 1.24. The molecule has 0 aliphatic rings. The topological polar surface area (TPSA) is 34.0 Å². The lowest BCUT2D eigenvalue weighted by atomic mass is 9.84. The van der Waals surface area contributed by atoms with Crippen molar-refractivity contribution < 1.29 is 0 Å². The Morgan fingerprint density at radius 2 is 0.794 bits per heavy atom. The number of hydrogen-bond acceptors (Lipinski definition) is 3. The molecule has 68 heavy (non-hydrogen) atoms. The number of benzene rings is 7. The van der Waals surface area contributed by atoms with Gasteiger partial charge in [0.25, 0.3) is 0 Å². The zero-order valence-corrected chi connectivity index (χ0v) is 41.1. The monoisotopic (exact) mass is 884 g/mol. The molecule has 0 bridgehead atoms. The fraction of sp³-hybridized carbons (Fsp3) is 0.188. The van der Waals surface area contributed by atoms with E-state index in [9.17, 15) is 0 Å². The maximum absolute atomic E-state index is 5.14. The summed E-state index contributed by atoms with van der Waals surface area (Å²) in [6.07, 6.45) is 4.05. The van der Waals surface area contributed by atoms with Gasteiger partial charge in [0.05, 0.1) is 28.1 Å². The van der Waals surface area contributed by atoms with E-state index in [0.29, 0.717) is 0 Å². The standard InChI is InChI=1S/C64H60N4/c1-41-29-51(68-60-27-19-17-25-54(60)55-26-18-20-28-61(55)68)30-42(2)62(41)67(52-33-47(31-49(35-52)63(5,6)7)58-37-56(43(3)39-65-58)45-21-13-11-14-22-45)53-34-48(32-50(36-53)64(8,9)10)59-38-57(44(4)40-66-59)46-23-15-12-16-24-46/h11-40H,1-10H3. The van der Waals surface area contributed by atoms with Crippen molar-refractivity contribution in [1.82, 2.24) is 14.5 Å². The molecular formula is C64H60N4. The van der Waals surface area contributed by atoms with E-state index in [0.717, 1.165) is 56.4 Å². The van der Waals surface area contributed by atoms with Crippen LogP contribution in [0.1, 0.15) is 74.9 Å². The molecule has 3 heterocycles. The Morgan fingerprint density at radius 1 is 0.397 bits per heavy atom. The number of rotatable bonds is 8. The number of fused-ring (bicyclic) bond motifs is 3. The average molecular weight is 885 g/mol. The predicted molar refractivity (Wildman–Crippen MR) is 289 cm³/mol. The molecule has 10 rings (SSSR count). The Hall–Kier alpha value is -7.56. The smallest absolute Gasteiger partial charge is 0.0709 e. The van der Waals surface area contributed by atoms with Gasteiger partial charge in [-0.2, -0.15) is 0 Å². The lowest BCUT2D eigenvalue weighted by Gasteiger charge is -2.33. The van der Waals surface area contributed by atoms with E-state index in [1.165, 1.54) is 66.3 Å². The Kier molecular flexibility index (Phi) is 11.2. The summed E-state index contributed by atoms with van der Waals surface area (Å²) in [5.74, 6) is 0. The maximum atomic E-state index is 5.14. The molecule has 3 aromatic heterocycles. The molecule has 0 saturated heterocycles. The molecule has 0 spiro atoms. The molecular weight excluding hydrogens is 825 g/mol. The molecule has 0 fully saturated rings. The van der Waals surface area contributed by atoms with Crippen LogP contribution in [0.2, 0.25) is 0 Å². The number of nitrogens with zero attached hydrogens (tertiary/aromatic N) is 4. The molecule has 4 nitrogen and oxygen atoms in total. The van der Waals surface area contributed by atoms with Gasteiger partial charge in [0.15, 0.2) is 0 Å². The van der Waals surface area contributed by atoms with Crippen LogP contribution in [0, 0.1) is 27.7 Å². The molecule has 7 aromatic carbocycles. The van der Waals surface area contributed by atoms with Crippen LogP contribution >= 0.6 is 0 Å². The molecule has 0 aliphatic carbocycles. The highest BCUT2D eigenvalue weighted by Crippen LogP contribution is 2.46. The van der Waals surface area contributed by atoms with Crippen LogP contribution in [0.4, 0.5) is 17.1 Å². The third-order valence-corrected chi connectivity index (χ3v) is 13.6. The zero-order valence-electron chi connectivity index (χ0n) is 41.1. The van der Waals surface area contributed by atoms with Gasteiger partial charge in [-0.3, -0.25) is 9.97 Å². The SMILES string of the molecule is Cc1cnc(-c2cc(N(c3cc(-c4cc(-c5ccccc5)c(C)cn4)cc(C(C)(C)C)c3)c3c(C)cc(-n4c5ccccc5c5ccccc54)cc3C)cc(C(C)(C)C)c2)cc1-c1ccccc1. The van der Waals surface area contributed by atoms with Crippen molar-refractivity contribution in [2.75, 3.05) is 4.90 Å². The second kappa shape index (κ2) is 17.3. The number of anilines is 3. The fourth-order valence-corrected chi connectivity index (χ4v) is 9.89. The van der Waals surface area contributed by atoms with Crippen LogP contribution < -0.4 is 4.90 Å². The van der Waals surface area contributed by atoms with Gasteiger partial charge < -0.3 is 9.47 Å².